The second kappa shape index (κ2) is 7.40. The molecule has 22 heavy (non-hydrogen) atoms. The number of nitrogens with zero attached hydrogens (tertiary/aromatic N) is 2. The number of rotatable bonds is 6. The summed E-state index contributed by atoms with van der Waals surface area (Å²) in [7, 11) is 3.52. The first-order chi connectivity index (χ1) is 10.5. The van der Waals surface area contributed by atoms with Crippen molar-refractivity contribution in [2.24, 2.45) is 0 Å². The second-order valence-electron chi connectivity index (χ2n) is 5.40. The van der Waals surface area contributed by atoms with Gasteiger partial charge < -0.3 is 9.64 Å². The molecule has 2 rings (SSSR count). The third-order valence-corrected chi connectivity index (χ3v) is 4.58. The third kappa shape index (κ3) is 4.07. The highest BCUT2D eigenvalue weighted by molar-refractivity contribution is 7.09. The van der Waals surface area contributed by atoms with Crippen LogP contribution in [0.15, 0.2) is 29.6 Å². The van der Waals surface area contributed by atoms with Crippen LogP contribution in [0.3, 0.4) is 0 Å². The number of methoxy groups -OCH3 is 1. The van der Waals surface area contributed by atoms with E-state index in [1.165, 1.54) is 0 Å². The van der Waals surface area contributed by atoms with E-state index < -0.39 is 0 Å². The van der Waals surface area contributed by atoms with Gasteiger partial charge in [-0.05, 0) is 31.9 Å². The van der Waals surface area contributed by atoms with Crippen LogP contribution < -0.4 is 4.74 Å². The number of para-hydroxylation sites is 1. The Balaban J connectivity index is 1.99. The first-order valence-corrected chi connectivity index (χ1v) is 8.17. The van der Waals surface area contributed by atoms with Gasteiger partial charge in [0.1, 0.15) is 5.75 Å². The van der Waals surface area contributed by atoms with Crippen molar-refractivity contribution in [3.63, 3.8) is 0 Å². The van der Waals surface area contributed by atoms with Crippen molar-refractivity contribution in [3.8, 4) is 5.75 Å². The lowest BCUT2D eigenvalue weighted by atomic mass is 10.0. The Labute approximate surface area is 135 Å². The molecule has 0 spiro atoms. The average Bonchev–Trinajstić information content (AvgIpc) is 2.92. The maximum atomic E-state index is 12.4. The smallest absolute Gasteiger partial charge is 0.228 e. The van der Waals surface area contributed by atoms with Crippen molar-refractivity contribution < 1.29 is 9.53 Å². The van der Waals surface area contributed by atoms with Gasteiger partial charge in [-0.2, -0.15) is 0 Å². The lowest BCUT2D eigenvalue weighted by molar-refractivity contribution is -0.130. The largest absolute Gasteiger partial charge is 0.496 e. The summed E-state index contributed by atoms with van der Waals surface area (Å²) < 4.78 is 5.37. The summed E-state index contributed by atoms with van der Waals surface area (Å²) in [6.07, 6.45) is 1.12. The van der Waals surface area contributed by atoms with Gasteiger partial charge in [-0.3, -0.25) is 4.79 Å². The molecule has 0 fully saturated rings. The molecule has 0 unspecified atom stereocenters. The fraction of sp³-hybridized carbons (Fsp3) is 0.412. The molecule has 1 aromatic carbocycles. The Kier molecular flexibility index (Phi) is 5.55. The van der Waals surface area contributed by atoms with Crippen molar-refractivity contribution in [1.29, 1.82) is 0 Å². The van der Waals surface area contributed by atoms with Crippen LogP contribution in [0.5, 0.6) is 5.75 Å². The first-order valence-electron chi connectivity index (χ1n) is 7.29. The molecule has 0 N–H and O–H groups in total. The topological polar surface area (TPSA) is 42.4 Å². The third-order valence-electron chi connectivity index (χ3n) is 3.76. The van der Waals surface area contributed by atoms with E-state index in [1.807, 2.05) is 43.6 Å². The number of benzene rings is 1. The van der Waals surface area contributed by atoms with Gasteiger partial charge in [0.25, 0.3) is 0 Å². The molecule has 0 saturated carbocycles. The van der Waals surface area contributed by atoms with Gasteiger partial charge in [0.15, 0.2) is 0 Å². The maximum Gasteiger partial charge on any atom is 0.228 e. The minimum Gasteiger partial charge on any atom is -0.496 e. The van der Waals surface area contributed by atoms with E-state index in [1.54, 1.807) is 23.3 Å². The molecule has 1 heterocycles. The van der Waals surface area contributed by atoms with Crippen LogP contribution in [0.4, 0.5) is 0 Å². The maximum absolute atomic E-state index is 12.4. The minimum absolute atomic E-state index is 0.0905. The van der Waals surface area contributed by atoms with E-state index in [0.29, 0.717) is 6.42 Å². The van der Waals surface area contributed by atoms with Crippen LogP contribution in [0, 0.1) is 6.92 Å². The van der Waals surface area contributed by atoms with Gasteiger partial charge >= 0.3 is 0 Å². The van der Waals surface area contributed by atoms with Crippen LogP contribution in [0.2, 0.25) is 0 Å². The van der Waals surface area contributed by atoms with E-state index in [2.05, 4.69) is 11.9 Å². The van der Waals surface area contributed by atoms with Gasteiger partial charge in [0, 0.05) is 18.5 Å². The normalized spacial score (nSPS) is 12.0. The van der Waals surface area contributed by atoms with Gasteiger partial charge in [-0.15, -0.1) is 11.3 Å². The zero-order chi connectivity index (χ0) is 16.1. The number of aromatic nitrogens is 1. The molecule has 0 saturated heterocycles. The number of hydrogen-bond donors (Lipinski definition) is 0. The molecule has 1 atom stereocenters. The summed E-state index contributed by atoms with van der Waals surface area (Å²) in [6.45, 7) is 4.00. The Morgan fingerprint density at radius 1 is 1.41 bits per heavy atom. The number of carbonyl (C=O) groups excluding carboxylic acids is 1. The summed E-state index contributed by atoms with van der Waals surface area (Å²) in [4.78, 5) is 18.5. The zero-order valence-electron chi connectivity index (χ0n) is 13.5. The molecule has 4 nitrogen and oxygen atoms in total. The highest BCUT2D eigenvalue weighted by atomic mass is 32.1. The van der Waals surface area contributed by atoms with Crippen molar-refractivity contribution in [2.45, 2.75) is 32.7 Å². The molecule has 0 aliphatic rings. The van der Waals surface area contributed by atoms with Crippen LogP contribution in [0.25, 0.3) is 0 Å². The van der Waals surface area contributed by atoms with E-state index in [4.69, 9.17) is 4.74 Å². The second-order valence-corrected chi connectivity index (χ2v) is 6.47. The number of aryl methyl sites for hydroxylation is 1. The number of thiazole rings is 1. The van der Waals surface area contributed by atoms with Crippen LogP contribution in [-0.2, 0) is 17.6 Å². The molecule has 0 bridgehead atoms. The number of ether oxygens (including phenoxy) is 1. The first kappa shape index (κ1) is 16.5. The lowest BCUT2D eigenvalue weighted by Crippen LogP contribution is -2.37. The SMILES string of the molecule is COc1ccccc1C[C@@H](C)N(C)C(=O)Cc1csc(C)n1. The number of amides is 1. The quantitative estimate of drug-likeness (QED) is 0.822. The summed E-state index contributed by atoms with van der Waals surface area (Å²) >= 11 is 1.58. The van der Waals surface area contributed by atoms with Gasteiger partial charge in [0.05, 0.1) is 24.2 Å². The molecular formula is C17H22N2O2S. The van der Waals surface area contributed by atoms with E-state index in [-0.39, 0.29) is 11.9 Å². The van der Waals surface area contributed by atoms with Crippen molar-refractivity contribution in [1.82, 2.24) is 9.88 Å². The van der Waals surface area contributed by atoms with Crippen LogP contribution >= 0.6 is 11.3 Å². The Bertz CT molecular complexity index is 639. The molecule has 2 aromatic rings. The molecule has 1 aromatic heterocycles. The summed E-state index contributed by atoms with van der Waals surface area (Å²) in [6, 6.07) is 8.03. The Morgan fingerprint density at radius 2 is 2.14 bits per heavy atom. The van der Waals surface area contributed by atoms with E-state index in [9.17, 15) is 4.79 Å². The predicted molar refractivity (Wildman–Crippen MR) is 89.5 cm³/mol. The van der Waals surface area contributed by atoms with E-state index in [0.717, 1.165) is 28.4 Å². The lowest BCUT2D eigenvalue weighted by Gasteiger charge is -2.25. The standard InChI is InChI=1S/C17H22N2O2S/c1-12(9-14-7-5-6-8-16(14)21-4)19(3)17(20)10-15-11-22-13(2)18-15/h5-8,11-12H,9-10H2,1-4H3/t12-/m1/s1. The number of hydrogen-bond acceptors (Lipinski definition) is 4. The van der Waals surface area contributed by atoms with Crippen molar-refractivity contribution in [3.05, 3.63) is 45.9 Å². The monoisotopic (exact) mass is 318 g/mol. The fourth-order valence-corrected chi connectivity index (χ4v) is 2.95. The molecule has 0 aliphatic heterocycles. The number of likely N-dealkylation sites (N-methyl/N-ethyl adjacent to an activating group) is 1. The molecule has 5 heteroatoms. The van der Waals surface area contributed by atoms with Gasteiger partial charge in [-0.1, -0.05) is 18.2 Å². The molecule has 1 amide bonds. The summed E-state index contributed by atoms with van der Waals surface area (Å²) in [5.41, 5.74) is 1.96. The van der Waals surface area contributed by atoms with Crippen molar-refractivity contribution in [2.75, 3.05) is 14.2 Å². The molecule has 118 valence electrons. The predicted octanol–water partition coefficient (Wildman–Crippen LogP) is 3.09. The Hall–Kier alpha value is -1.88. The summed E-state index contributed by atoms with van der Waals surface area (Å²) in [5.74, 6) is 0.957. The highest BCUT2D eigenvalue weighted by Crippen LogP contribution is 2.20. The van der Waals surface area contributed by atoms with Crippen molar-refractivity contribution >= 4 is 17.2 Å². The zero-order valence-corrected chi connectivity index (χ0v) is 14.3. The molecule has 0 aliphatic carbocycles. The summed E-state index contributed by atoms with van der Waals surface area (Å²) in [5, 5.41) is 2.94. The fourth-order valence-electron chi connectivity index (χ4n) is 2.34. The minimum atomic E-state index is 0.0905. The average molecular weight is 318 g/mol. The van der Waals surface area contributed by atoms with E-state index >= 15 is 0 Å². The van der Waals surface area contributed by atoms with Gasteiger partial charge in [-0.25, -0.2) is 4.98 Å². The van der Waals surface area contributed by atoms with Gasteiger partial charge in [0.2, 0.25) is 5.91 Å². The number of carbonyl (C=O) groups is 1. The Morgan fingerprint density at radius 3 is 2.77 bits per heavy atom. The highest BCUT2D eigenvalue weighted by Gasteiger charge is 2.18. The molecule has 0 radical (unpaired) electrons. The van der Waals surface area contributed by atoms with Crippen LogP contribution in [-0.4, -0.2) is 36.0 Å². The molecular weight excluding hydrogens is 296 g/mol. The van der Waals surface area contributed by atoms with Crippen LogP contribution in [0.1, 0.15) is 23.2 Å².